The highest BCUT2D eigenvalue weighted by atomic mass is 32.1. The van der Waals surface area contributed by atoms with Gasteiger partial charge in [-0.25, -0.2) is 0 Å². The second kappa shape index (κ2) is 6.34. The van der Waals surface area contributed by atoms with Gasteiger partial charge >= 0.3 is 5.97 Å². The summed E-state index contributed by atoms with van der Waals surface area (Å²) in [5, 5.41) is 4.40. The van der Waals surface area contributed by atoms with Gasteiger partial charge in [0, 0.05) is 19.1 Å². The van der Waals surface area contributed by atoms with E-state index < -0.39 is 0 Å². The second-order valence-corrected chi connectivity index (χ2v) is 6.74. The molecule has 1 N–H and O–H groups in total. The van der Waals surface area contributed by atoms with Crippen LogP contribution in [0.25, 0.3) is 0 Å². The molecule has 0 aromatic carbocycles. The Kier molecular flexibility index (Phi) is 4.48. The molecule has 116 valence electrons. The van der Waals surface area contributed by atoms with Crippen molar-refractivity contribution in [1.82, 2.24) is 10.2 Å². The molecule has 3 aliphatic rings. The largest absolute Gasteiger partial charge is 0.466 e. The molecule has 1 saturated heterocycles. The lowest BCUT2D eigenvalue weighted by Gasteiger charge is -2.34. The minimum absolute atomic E-state index is 0.0470. The molecule has 0 unspecified atom stereocenters. The summed E-state index contributed by atoms with van der Waals surface area (Å²) in [6.45, 7) is 4.03. The molecule has 3 rings (SSSR count). The summed E-state index contributed by atoms with van der Waals surface area (Å²) >= 11 is 5.56. The number of thiocarbonyl (C=S) groups is 1. The molecule has 2 aliphatic carbocycles. The summed E-state index contributed by atoms with van der Waals surface area (Å²) in [7, 11) is 0. The van der Waals surface area contributed by atoms with Gasteiger partial charge in [0.15, 0.2) is 5.11 Å². The van der Waals surface area contributed by atoms with E-state index in [1.165, 1.54) is 12.8 Å². The third-order valence-corrected chi connectivity index (χ3v) is 5.37. The van der Waals surface area contributed by atoms with E-state index in [1.54, 1.807) is 0 Å². The van der Waals surface area contributed by atoms with Gasteiger partial charge in [-0.05, 0) is 56.7 Å². The van der Waals surface area contributed by atoms with Crippen molar-refractivity contribution >= 4 is 23.3 Å². The van der Waals surface area contributed by atoms with Crippen LogP contribution in [-0.2, 0) is 9.53 Å². The Labute approximate surface area is 131 Å². The van der Waals surface area contributed by atoms with Crippen molar-refractivity contribution in [2.24, 2.45) is 17.8 Å². The summed E-state index contributed by atoms with van der Waals surface area (Å²) in [5.74, 6) is 1.42. The quantitative estimate of drug-likeness (QED) is 0.491. The molecule has 0 amide bonds. The summed E-state index contributed by atoms with van der Waals surface area (Å²) in [4.78, 5) is 14.0. The molecule has 4 nitrogen and oxygen atoms in total. The predicted molar refractivity (Wildman–Crippen MR) is 85.8 cm³/mol. The Morgan fingerprint density at radius 2 is 2.10 bits per heavy atom. The van der Waals surface area contributed by atoms with Crippen LogP contribution in [0.2, 0.25) is 0 Å². The molecule has 2 fully saturated rings. The van der Waals surface area contributed by atoms with E-state index in [0.717, 1.165) is 37.0 Å². The van der Waals surface area contributed by atoms with Gasteiger partial charge in [-0.1, -0.05) is 12.2 Å². The first-order valence-electron chi connectivity index (χ1n) is 8.07. The number of hydrogen-bond donors (Lipinski definition) is 1. The van der Waals surface area contributed by atoms with Gasteiger partial charge in [0.05, 0.1) is 12.5 Å². The Bertz CT molecular complexity index is 444. The lowest BCUT2D eigenvalue weighted by atomic mass is 9.97. The Hall–Kier alpha value is -1.10. The number of carbonyl (C=O) groups excluding carboxylic acids is 1. The van der Waals surface area contributed by atoms with Gasteiger partial charge < -0.3 is 15.0 Å². The van der Waals surface area contributed by atoms with E-state index in [2.05, 4.69) is 22.4 Å². The van der Waals surface area contributed by atoms with E-state index >= 15 is 0 Å². The third kappa shape index (κ3) is 3.23. The molecule has 0 aromatic rings. The SMILES string of the molecule is CCOC(=O)C1CCN(C(=S)N[C@@H]2C[C@H]3C=C[C@@H]2C3)CC1. The van der Waals surface area contributed by atoms with Crippen LogP contribution in [-0.4, -0.2) is 41.7 Å². The van der Waals surface area contributed by atoms with Crippen LogP contribution in [0.4, 0.5) is 0 Å². The number of ether oxygens (including phenoxy) is 1. The number of carbonyl (C=O) groups is 1. The monoisotopic (exact) mass is 308 g/mol. The number of piperidine rings is 1. The topological polar surface area (TPSA) is 41.6 Å². The highest BCUT2D eigenvalue weighted by Gasteiger charge is 2.36. The normalized spacial score (nSPS) is 31.5. The van der Waals surface area contributed by atoms with Crippen LogP contribution in [0, 0.1) is 17.8 Å². The maximum atomic E-state index is 11.7. The molecule has 0 aromatic heterocycles. The van der Waals surface area contributed by atoms with Gasteiger partial charge in [-0.15, -0.1) is 0 Å². The molecule has 0 radical (unpaired) electrons. The van der Waals surface area contributed by atoms with Crippen LogP contribution >= 0.6 is 12.2 Å². The van der Waals surface area contributed by atoms with E-state index in [9.17, 15) is 4.79 Å². The van der Waals surface area contributed by atoms with Gasteiger partial charge in [0.2, 0.25) is 0 Å². The highest BCUT2D eigenvalue weighted by Crippen LogP contribution is 2.39. The number of esters is 1. The first-order valence-corrected chi connectivity index (χ1v) is 8.48. The summed E-state index contributed by atoms with van der Waals surface area (Å²) in [5.41, 5.74) is 0. The fourth-order valence-electron chi connectivity index (χ4n) is 3.77. The van der Waals surface area contributed by atoms with Crippen molar-refractivity contribution in [3.8, 4) is 0 Å². The van der Waals surface area contributed by atoms with Gasteiger partial charge in [-0.3, -0.25) is 4.79 Å². The number of nitrogens with zero attached hydrogens (tertiary/aromatic N) is 1. The highest BCUT2D eigenvalue weighted by molar-refractivity contribution is 7.80. The lowest BCUT2D eigenvalue weighted by Crippen LogP contribution is -2.49. The zero-order valence-electron chi connectivity index (χ0n) is 12.6. The van der Waals surface area contributed by atoms with E-state index in [4.69, 9.17) is 17.0 Å². The van der Waals surface area contributed by atoms with Gasteiger partial charge in [-0.2, -0.15) is 0 Å². The zero-order valence-corrected chi connectivity index (χ0v) is 13.4. The molecule has 3 atom stereocenters. The van der Waals surface area contributed by atoms with Crippen LogP contribution < -0.4 is 5.32 Å². The first-order chi connectivity index (χ1) is 10.2. The van der Waals surface area contributed by atoms with E-state index in [-0.39, 0.29) is 11.9 Å². The molecule has 21 heavy (non-hydrogen) atoms. The summed E-state index contributed by atoms with van der Waals surface area (Å²) in [6.07, 6.45) is 8.86. The standard InChI is InChI=1S/C16H24N2O2S/c1-2-20-15(19)12-5-7-18(8-6-12)16(21)17-14-10-11-3-4-13(14)9-11/h3-4,11-14H,2,5-10H2,1H3,(H,17,21)/t11-,13+,14+/m0/s1. The fraction of sp³-hybridized carbons (Fsp3) is 0.750. The molecule has 5 heteroatoms. The number of hydrogen-bond acceptors (Lipinski definition) is 3. The van der Waals surface area contributed by atoms with Crippen LogP contribution in [0.5, 0.6) is 0 Å². The number of rotatable bonds is 3. The van der Waals surface area contributed by atoms with Gasteiger partial charge in [0.1, 0.15) is 0 Å². The molecule has 1 heterocycles. The fourth-order valence-corrected chi connectivity index (χ4v) is 4.11. The summed E-state index contributed by atoms with van der Waals surface area (Å²) < 4.78 is 5.10. The number of allylic oxidation sites excluding steroid dienone is 1. The molecule has 2 bridgehead atoms. The van der Waals surface area contributed by atoms with Crippen molar-refractivity contribution in [1.29, 1.82) is 0 Å². The molecule has 0 spiro atoms. The summed E-state index contributed by atoms with van der Waals surface area (Å²) in [6, 6.07) is 0.510. The van der Waals surface area contributed by atoms with Gasteiger partial charge in [0.25, 0.3) is 0 Å². The van der Waals surface area contributed by atoms with Crippen molar-refractivity contribution in [3.05, 3.63) is 12.2 Å². The average molecular weight is 308 g/mol. The minimum Gasteiger partial charge on any atom is -0.466 e. The number of fused-ring (bicyclic) bond motifs is 2. The molecular formula is C16H24N2O2S. The van der Waals surface area contributed by atoms with E-state index in [0.29, 0.717) is 18.6 Å². The van der Waals surface area contributed by atoms with Crippen molar-refractivity contribution < 1.29 is 9.53 Å². The maximum Gasteiger partial charge on any atom is 0.309 e. The Balaban J connectivity index is 1.45. The second-order valence-electron chi connectivity index (χ2n) is 6.35. The average Bonchev–Trinajstić information content (AvgIpc) is 3.10. The number of nitrogens with one attached hydrogen (secondary N) is 1. The molecular weight excluding hydrogens is 284 g/mol. The predicted octanol–water partition coefficient (Wildman–Crippen LogP) is 2.10. The Morgan fingerprint density at radius 3 is 2.67 bits per heavy atom. The smallest absolute Gasteiger partial charge is 0.309 e. The van der Waals surface area contributed by atoms with Crippen molar-refractivity contribution in [2.75, 3.05) is 19.7 Å². The number of likely N-dealkylation sites (tertiary alicyclic amines) is 1. The Morgan fingerprint density at radius 1 is 1.33 bits per heavy atom. The molecule has 1 aliphatic heterocycles. The molecule has 1 saturated carbocycles. The minimum atomic E-state index is -0.0470. The van der Waals surface area contributed by atoms with Crippen molar-refractivity contribution in [2.45, 2.75) is 38.6 Å². The first kappa shape index (κ1) is 14.8. The van der Waals surface area contributed by atoms with Crippen LogP contribution in [0.15, 0.2) is 12.2 Å². The van der Waals surface area contributed by atoms with Crippen molar-refractivity contribution in [3.63, 3.8) is 0 Å². The van der Waals surface area contributed by atoms with E-state index in [1.807, 2.05) is 6.92 Å². The lowest BCUT2D eigenvalue weighted by molar-refractivity contribution is -0.149. The van der Waals surface area contributed by atoms with Crippen LogP contribution in [0.3, 0.4) is 0 Å². The zero-order chi connectivity index (χ0) is 14.8. The third-order valence-electron chi connectivity index (χ3n) is 4.99. The van der Waals surface area contributed by atoms with Crippen LogP contribution in [0.1, 0.15) is 32.6 Å². The maximum absolute atomic E-state index is 11.7.